The van der Waals surface area contributed by atoms with Gasteiger partial charge in [0.2, 0.25) is 0 Å². The Morgan fingerprint density at radius 2 is 2.43 bits per heavy atom. The van der Waals surface area contributed by atoms with Gasteiger partial charge in [-0.3, -0.25) is 0 Å². The molecule has 0 spiro atoms. The molecule has 82 valence electrons. The van der Waals surface area contributed by atoms with Crippen molar-refractivity contribution in [2.75, 3.05) is 33.2 Å². The van der Waals surface area contributed by atoms with Gasteiger partial charge in [0, 0.05) is 20.1 Å². The van der Waals surface area contributed by atoms with Gasteiger partial charge in [-0.05, 0) is 19.9 Å². The Labute approximate surface area is 84.5 Å². The Balaban J connectivity index is 2.38. The topological polar surface area (TPSA) is 64.6 Å². The number of aliphatic hydroxyl groups is 1. The standard InChI is InChI=1S/C9H19N3O2/c1-3-11-8(13)12(2)7-9(14)4-5-10-6-9/h10,14H,3-7H2,1-2H3,(H,11,13). The lowest BCUT2D eigenvalue weighted by Gasteiger charge is -2.27. The third kappa shape index (κ3) is 2.85. The Morgan fingerprint density at radius 3 is 2.93 bits per heavy atom. The molecule has 1 fully saturated rings. The van der Waals surface area contributed by atoms with Crippen LogP contribution in [0.1, 0.15) is 13.3 Å². The van der Waals surface area contributed by atoms with E-state index in [9.17, 15) is 9.90 Å². The minimum absolute atomic E-state index is 0.132. The molecule has 1 rings (SSSR count). The van der Waals surface area contributed by atoms with Gasteiger partial charge in [0.1, 0.15) is 0 Å². The van der Waals surface area contributed by atoms with Gasteiger partial charge in [-0.15, -0.1) is 0 Å². The van der Waals surface area contributed by atoms with Crippen LogP contribution in [-0.4, -0.2) is 54.9 Å². The van der Waals surface area contributed by atoms with E-state index < -0.39 is 5.60 Å². The molecule has 1 saturated heterocycles. The molecule has 0 aromatic carbocycles. The predicted octanol–water partition coefficient (Wildman–Crippen LogP) is -0.628. The SMILES string of the molecule is CCNC(=O)N(C)CC1(O)CCNC1. The molecule has 0 bridgehead atoms. The zero-order chi connectivity index (χ0) is 10.6. The van der Waals surface area contributed by atoms with Gasteiger partial charge in [-0.2, -0.15) is 0 Å². The first-order valence-corrected chi connectivity index (χ1v) is 4.99. The van der Waals surface area contributed by atoms with Gasteiger partial charge in [0.05, 0.1) is 12.1 Å². The van der Waals surface area contributed by atoms with E-state index in [-0.39, 0.29) is 6.03 Å². The third-order valence-electron chi connectivity index (χ3n) is 2.43. The van der Waals surface area contributed by atoms with Gasteiger partial charge >= 0.3 is 6.03 Å². The summed E-state index contributed by atoms with van der Waals surface area (Å²) in [5.41, 5.74) is -0.750. The van der Waals surface area contributed by atoms with E-state index in [2.05, 4.69) is 10.6 Å². The van der Waals surface area contributed by atoms with E-state index in [0.29, 0.717) is 26.1 Å². The number of hydrogen-bond acceptors (Lipinski definition) is 3. The van der Waals surface area contributed by atoms with Crippen molar-refractivity contribution in [2.45, 2.75) is 18.9 Å². The van der Waals surface area contributed by atoms with Gasteiger partial charge < -0.3 is 20.6 Å². The van der Waals surface area contributed by atoms with Crippen LogP contribution < -0.4 is 10.6 Å². The molecule has 0 aromatic heterocycles. The largest absolute Gasteiger partial charge is 0.387 e. The minimum atomic E-state index is -0.750. The van der Waals surface area contributed by atoms with Crippen molar-refractivity contribution in [3.63, 3.8) is 0 Å². The quantitative estimate of drug-likeness (QED) is 0.570. The monoisotopic (exact) mass is 201 g/mol. The fraction of sp³-hybridized carbons (Fsp3) is 0.889. The third-order valence-corrected chi connectivity index (χ3v) is 2.43. The van der Waals surface area contributed by atoms with Crippen molar-refractivity contribution in [3.8, 4) is 0 Å². The number of nitrogens with one attached hydrogen (secondary N) is 2. The van der Waals surface area contributed by atoms with E-state index in [4.69, 9.17) is 0 Å². The Bertz CT molecular complexity index is 202. The lowest BCUT2D eigenvalue weighted by Crippen LogP contribution is -2.48. The maximum absolute atomic E-state index is 11.4. The Morgan fingerprint density at radius 1 is 1.71 bits per heavy atom. The molecule has 1 unspecified atom stereocenters. The zero-order valence-corrected chi connectivity index (χ0v) is 8.84. The first kappa shape index (κ1) is 11.3. The molecule has 1 aliphatic rings. The van der Waals surface area contributed by atoms with Gasteiger partial charge in [-0.25, -0.2) is 4.79 Å². The zero-order valence-electron chi connectivity index (χ0n) is 8.84. The summed E-state index contributed by atoms with van der Waals surface area (Å²) < 4.78 is 0. The fourth-order valence-electron chi connectivity index (χ4n) is 1.66. The second-order valence-electron chi connectivity index (χ2n) is 3.84. The van der Waals surface area contributed by atoms with Crippen molar-refractivity contribution in [2.24, 2.45) is 0 Å². The second kappa shape index (κ2) is 4.61. The lowest BCUT2D eigenvalue weighted by molar-refractivity contribution is 0.0369. The summed E-state index contributed by atoms with van der Waals surface area (Å²) >= 11 is 0. The molecule has 0 aliphatic carbocycles. The summed E-state index contributed by atoms with van der Waals surface area (Å²) in [6.07, 6.45) is 0.705. The smallest absolute Gasteiger partial charge is 0.317 e. The Hall–Kier alpha value is -0.810. The van der Waals surface area contributed by atoms with Crippen molar-refractivity contribution in [1.29, 1.82) is 0 Å². The van der Waals surface area contributed by atoms with Gasteiger partial charge in [0.25, 0.3) is 0 Å². The van der Waals surface area contributed by atoms with Crippen molar-refractivity contribution < 1.29 is 9.90 Å². The van der Waals surface area contributed by atoms with Crippen molar-refractivity contribution in [3.05, 3.63) is 0 Å². The summed E-state index contributed by atoms with van der Waals surface area (Å²) in [5.74, 6) is 0. The van der Waals surface area contributed by atoms with Crippen LogP contribution in [0.4, 0.5) is 4.79 Å². The van der Waals surface area contributed by atoms with Crippen molar-refractivity contribution in [1.82, 2.24) is 15.5 Å². The fourth-order valence-corrected chi connectivity index (χ4v) is 1.66. The number of carbonyl (C=O) groups is 1. The molecular weight excluding hydrogens is 182 g/mol. The molecule has 3 N–H and O–H groups in total. The first-order chi connectivity index (χ1) is 6.57. The van der Waals surface area contributed by atoms with Crippen LogP contribution in [0.2, 0.25) is 0 Å². The predicted molar refractivity (Wildman–Crippen MR) is 54.1 cm³/mol. The average molecular weight is 201 g/mol. The van der Waals surface area contributed by atoms with E-state index in [1.165, 1.54) is 4.90 Å². The van der Waals surface area contributed by atoms with E-state index >= 15 is 0 Å². The number of carbonyl (C=O) groups excluding carboxylic acids is 1. The molecule has 1 heterocycles. The Kier molecular flexibility index (Phi) is 3.71. The molecule has 0 radical (unpaired) electrons. The molecule has 2 amide bonds. The van der Waals surface area contributed by atoms with Crippen LogP contribution in [0.15, 0.2) is 0 Å². The van der Waals surface area contributed by atoms with Crippen LogP contribution in [0, 0.1) is 0 Å². The molecule has 1 atom stereocenters. The van der Waals surface area contributed by atoms with Crippen LogP contribution >= 0.6 is 0 Å². The molecular formula is C9H19N3O2. The lowest BCUT2D eigenvalue weighted by atomic mass is 10.0. The first-order valence-electron chi connectivity index (χ1n) is 4.99. The highest BCUT2D eigenvalue weighted by molar-refractivity contribution is 5.73. The average Bonchev–Trinajstić information content (AvgIpc) is 2.52. The van der Waals surface area contributed by atoms with E-state index in [0.717, 1.165) is 6.54 Å². The van der Waals surface area contributed by atoms with Crippen LogP contribution in [0.5, 0.6) is 0 Å². The van der Waals surface area contributed by atoms with Crippen LogP contribution in [0.25, 0.3) is 0 Å². The molecule has 5 heteroatoms. The maximum atomic E-state index is 11.4. The minimum Gasteiger partial charge on any atom is -0.387 e. The number of nitrogens with zero attached hydrogens (tertiary/aromatic N) is 1. The number of urea groups is 1. The maximum Gasteiger partial charge on any atom is 0.317 e. The number of rotatable bonds is 3. The van der Waals surface area contributed by atoms with E-state index in [1.807, 2.05) is 6.92 Å². The number of likely N-dealkylation sites (N-methyl/N-ethyl adjacent to an activating group) is 1. The molecule has 1 aliphatic heterocycles. The van der Waals surface area contributed by atoms with Crippen LogP contribution in [-0.2, 0) is 0 Å². The summed E-state index contributed by atoms with van der Waals surface area (Å²) in [6, 6.07) is -0.132. The second-order valence-corrected chi connectivity index (χ2v) is 3.84. The summed E-state index contributed by atoms with van der Waals surface area (Å²) in [4.78, 5) is 12.9. The molecule has 0 aromatic rings. The summed E-state index contributed by atoms with van der Waals surface area (Å²) in [6.45, 7) is 4.25. The van der Waals surface area contributed by atoms with Gasteiger partial charge in [0.15, 0.2) is 0 Å². The highest BCUT2D eigenvalue weighted by atomic mass is 16.3. The van der Waals surface area contributed by atoms with Crippen molar-refractivity contribution >= 4 is 6.03 Å². The van der Waals surface area contributed by atoms with E-state index in [1.54, 1.807) is 7.05 Å². The van der Waals surface area contributed by atoms with Gasteiger partial charge in [-0.1, -0.05) is 0 Å². The highest BCUT2D eigenvalue weighted by Crippen LogP contribution is 2.15. The normalized spacial score (nSPS) is 26.2. The summed E-state index contributed by atoms with van der Waals surface area (Å²) in [5, 5.41) is 15.8. The number of β-amino-alcohol motifs (C(OH)–C–C–N with tert-alkyl or cyclic N) is 1. The highest BCUT2D eigenvalue weighted by Gasteiger charge is 2.33. The summed E-state index contributed by atoms with van der Waals surface area (Å²) in [7, 11) is 1.70. The van der Waals surface area contributed by atoms with Crippen LogP contribution in [0.3, 0.4) is 0 Å². The number of hydrogen-bond donors (Lipinski definition) is 3. The number of amides is 2. The molecule has 5 nitrogen and oxygen atoms in total. The molecule has 14 heavy (non-hydrogen) atoms. The molecule has 0 saturated carbocycles.